The summed E-state index contributed by atoms with van der Waals surface area (Å²) in [5, 5.41) is 0. The van der Waals surface area contributed by atoms with Gasteiger partial charge in [0.2, 0.25) is 0 Å². The Morgan fingerprint density at radius 1 is 1.50 bits per heavy atom. The van der Waals surface area contributed by atoms with E-state index in [2.05, 4.69) is 23.7 Å². The van der Waals surface area contributed by atoms with Crippen LogP contribution in [0.15, 0.2) is 16.3 Å². The van der Waals surface area contributed by atoms with Gasteiger partial charge in [-0.3, -0.25) is 9.89 Å². The van der Waals surface area contributed by atoms with Gasteiger partial charge in [-0.25, -0.2) is 0 Å². The van der Waals surface area contributed by atoms with Gasteiger partial charge < -0.3 is 5.73 Å². The second kappa shape index (κ2) is 5.00. The smallest absolute Gasteiger partial charge is 0.0417 e. The SMILES string of the molecule is CC(C)N1CCC(N)=C(C=NCC2CC2)C1. The van der Waals surface area contributed by atoms with Gasteiger partial charge in [0.15, 0.2) is 0 Å². The molecule has 0 atom stereocenters. The molecule has 0 saturated heterocycles. The predicted molar refractivity (Wildman–Crippen MR) is 68.6 cm³/mol. The van der Waals surface area contributed by atoms with Crippen LogP contribution in [-0.4, -0.2) is 36.8 Å². The Bertz CT molecular complexity index is 300. The second-order valence-electron chi connectivity index (χ2n) is 5.30. The van der Waals surface area contributed by atoms with E-state index >= 15 is 0 Å². The summed E-state index contributed by atoms with van der Waals surface area (Å²) >= 11 is 0. The van der Waals surface area contributed by atoms with Crippen LogP contribution in [0.1, 0.15) is 33.1 Å². The standard InChI is InChI=1S/C13H23N3/c1-10(2)16-6-5-13(14)12(9-16)8-15-7-11-3-4-11/h8,10-11H,3-7,9,14H2,1-2H3. The van der Waals surface area contributed by atoms with E-state index in [-0.39, 0.29) is 0 Å². The molecular formula is C13H23N3. The van der Waals surface area contributed by atoms with Gasteiger partial charge in [-0.15, -0.1) is 0 Å². The highest BCUT2D eigenvalue weighted by Crippen LogP contribution is 2.28. The number of nitrogens with zero attached hydrogens (tertiary/aromatic N) is 2. The first-order valence-electron chi connectivity index (χ1n) is 6.38. The molecule has 3 nitrogen and oxygen atoms in total. The fraction of sp³-hybridized carbons (Fsp3) is 0.769. The lowest BCUT2D eigenvalue weighted by atomic mass is 10.1. The Labute approximate surface area is 98.4 Å². The van der Waals surface area contributed by atoms with Crippen LogP contribution in [0.5, 0.6) is 0 Å². The number of rotatable bonds is 4. The van der Waals surface area contributed by atoms with Crippen LogP contribution in [-0.2, 0) is 0 Å². The molecule has 1 aliphatic heterocycles. The Morgan fingerprint density at radius 3 is 2.88 bits per heavy atom. The van der Waals surface area contributed by atoms with Gasteiger partial charge in [0.25, 0.3) is 0 Å². The van der Waals surface area contributed by atoms with E-state index in [9.17, 15) is 0 Å². The maximum Gasteiger partial charge on any atom is 0.0417 e. The molecule has 0 bridgehead atoms. The molecule has 0 aromatic rings. The van der Waals surface area contributed by atoms with Crippen LogP contribution in [0.4, 0.5) is 0 Å². The number of aliphatic imine (C=N–C) groups is 1. The van der Waals surface area contributed by atoms with Gasteiger partial charge in [-0.2, -0.15) is 0 Å². The molecule has 1 saturated carbocycles. The largest absolute Gasteiger partial charge is 0.402 e. The summed E-state index contributed by atoms with van der Waals surface area (Å²) in [6, 6.07) is 0.597. The quantitative estimate of drug-likeness (QED) is 0.735. The molecule has 1 fully saturated rings. The van der Waals surface area contributed by atoms with E-state index in [0.717, 1.165) is 37.7 Å². The predicted octanol–water partition coefficient (Wildman–Crippen LogP) is 1.79. The molecule has 2 aliphatic rings. The first kappa shape index (κ1) is 11.6. The fourth-order valence-electron chi connectivity index (χ4n) is 2.00. The summed E-state index contributed by atoms with van der Waals surface area (Å²) in [5.41, 5.74) is 8.31. The van der Waals surface area contributed by atoms with Crippen molar-refractivity contribution in [1.29, 1.82) is 0 Å². The van der Waals surface area contributed by atoms with E-state index in [0.29, 0.717) is 6.04 Å². The Hall–Kier alpha value is -0.830. The van der Waals surface area contributed by atoms with Crippen molar-refractivity contribution in [2.24, 2.45) is 16.6 Å². The maximum atomic E-state index is 6.04. The van der Waals surface area contributed by atoms with Gasteiger partial charge in [-0.05, 0) is 32.6 Å². The number of hydrogen-bond donors (Lipinski definition) is 1. The van der Waals surface area contributed by atoms with E-state index < -0.39 is 0 Å². The van der Waals surface area contributed by atoms with Crippen molar-refractivity contribution in [3.05, 3.63) is 11.3 Å². The molecule has 0 amide bonds. The highest BCUT2D eigenvalue weighted by atomic mass is 15.2. The molecule has 0 aromatic heterocycles. The van der Waals surface area contributed by atoms with Crippen LogP contribution in [0, 0.1) is 5.92 Å². The zero-order chi connectivity index (χ0) is 11.5. The average molecular weight is 221 g/mol. The highest BCUT2D eigenvalue weighted by molar-refractivity contribution is 5.80. The molecule has 1 aliphatic carbocycles. The molecular weight excluding hydrogens is 198 g/mol. The zero-order valence-electron chi connectivity index (χ0n) is 10.4. The third kappa shape index (κ3) is 3.08. The van der Waals surface area contributed by atoms with Crippen LogP contribution < -0.4 is 5.73 Å². The van der Waals surface area contributed by atoms with Crippen molar-refractivity contribution in [2.45, 2.75) is 39.2 Å². The molecule has 16 heavy (non-hydrogen) atoms. The topological polar surface area (TPSA) is 41.6 Å². The lowest BCUT2D eigenvalue weighted by molar-refractivity contribution is 0.235. The normalized spacial score (nSPS) is 23.7. The van der Waals surface area contributed by atoms with Gasteiger partial charge in [0.05, 0.1) is 0 Å². The van der Waals surface area contributed by atoms with E-state index in [1.165, 1.54) is 18.4 Å². The molecule has 0 spiro atoms. The first-order chi connectivity index (χ1) is 7.66. The van der Waals surface area contributed by atoms with Crippen LogP contribution in [0.3, 0.4) is 0 Å². The molecule has 0 radical (unpaired) electrons. The minimum Gasteiger partial charge on any atom is -0.402 e. The van der Waals surface area contributed by atoms with Gasteiger partial charge in [0, 0.05) is 49.6 Å². The number of hydrogen-bond acceptors (Lipinski definition) is 3. The Morgan fingerprint density at radius 2 is 2.25 bits per heavy atom. The Kier molecular flexibility index (Phi) is 3.64. The summed E-state index contributed by atoms with van der Waals surface area (Å²) in [5.74, 6) is 0.864. The van der Waals surface area contributed by atoms with Gasteiger partial charge >= 0.3 is 0 Å². The Balaban J connectivity index is 1.91. The monoisotopic (exact) mass is 221 g/mol. The molecule has 2 rings (SSSR count). The molecule has 0 unspecified atom stereocenters. The van der Waals surface area contributed by atoms with Crippen molar-refractivity contribution < 1.29 is 0 Å². The van der Waals surface area contributed by atoms with Crippen LogP contribution >= 0.6 is 0 Å². The molecule has 90 valence electrons. The first-order valence-corrected chi connectivity index (χ1v) is 6.38. The minimum absolute atomic E-state index is 0.597. The van der Waals surface area contributed by atoms with E-state index in [1.807, 2.05) is 6.21 Å². The van der Waals surface area contributed by atoms with Crippen molar-refractivity contribution in [2.75, 3.05) is 19.6 Å². The summed E-state index contributed by atoms with van der Waals surface area (Å²) in [4.78, 5) is 6.96. The summed E-state index contributed by atoms with van der Waals surface area (Å²) in [6.45, 7) is 7.53. The average Bonchev–Trinajstić information content (AvgIpc) is 3.04. The third-order valence-electron chi connectivity index (χ3n) is 3.49. The fourth-order valence-corrected chi connectivity index (χ4v) is 2.00. The zero-order valence-corrected chi connectivity index (χ0v) is 10.4. The summed E-state index contributed by atoms with van der Waals surface area (Å²) in [6.07, 6.45) is 5.74. The third-order valence-corrected chi connectivity index (χ3v) is 3.49. The van der Waals surface area contributed by atoms with Crippen LogP contribution in [0.2, 0.25) is 0 Å². The van der Waals surface area contributed by atoms with Crippen molar-refractivity contribution in [1.82, 2.24) is 4.90 Å². The van der Waals surface area contributed by atoms with Crippen molar-refractivity contribution in [3.63, 3.8) is 0 Å². The van der Waals surface area contributed by atoms with Crippen LogP contribution in [0.25, 0.3) is 0 Å². The maximum absolute atomic E-state index is 6.04. The van der Waals surface area contributed by atoms with Gasteiger partial charge in [-0.1, -0.05) is 0 Å². The minimum atomic E-state index is 0.597. The number of nitrogens with two attached hydrogens (primary N) is 1. The summed E-state index contributed by atoms with van der Waals surface area (Å²) < 4.78 is 0. The van der Waals surface area contributed by atoms with E-state index in [1.54, 1.807) is 0 Å². The van der Waals surface area contributed by atoms with Crippen molar-refractivity contribution in [3.8, 4) is 0 Å². The summed E-state index contributed by atoms with van der Waals surface area (Å²) in [7, 11) is 0. The second-order valence-corrected chi connectivity index (χ2v) is 5.30. The highest BCUT2D eigenvalue weighted by Gasteiger charge is 2.21. The lowest BCUT2D eigenvalue weighted by Gasteiger charge is -2.31. The molecule has 2 N–H and O–H groups in total. The van der Waals surface area contributed by atoms with E-state index in [4.69, 9.17) is 5.73 Å². The van der Waals surface area contributed by atoms with Gasteiger partial charge in [0.1, 0.15) is 0 Å². The molecule has 3 heteroatoms. The molecule has 0 aromatic carbocycles. The molecule has 1 heterocycles. The lowest BCUT2D eigenvalue weighted by Crippen LogP contribution is -2.38. The van der Waals surface area contributed by atoms with Crippen molar-refractivity contribution >= 4 is 6.21 Å².